The van der Waals surface area contributed by atoms with Gasteiger partial charge in [-0.3, -0.25) is 23.6 Å². The van der Waals surface area contributed by atoms with E-state index in [0.29, 0.717) is 67.9 Å². The fraction of sp³-hybridized carbons (Fsp3) is 0.324. The maximum atomic E-state index is 13.3. The molecule has 0 bridgehead atoms. The van der Waals surface area contributed by atoms with Gasteiger partial charge in [-0.15, -0.1) is 0 Å². The first-order valence-electron chi connectivity index (χ1n) is 16.5. The number of rotatable bonds is 9. The van der Waals surface area contributed by atoms with Crippen LogP contribution in [-0.2, 0) is 25.3 Å². The van der Waals surface area contributed by atoms with Gasteiger partial charge in [0.15, 0.2) is 0 Å². The Morgan fingerprint density at radius 3 is 2.48 bits per heavy atom. The van der Waals surface area contributed by atoms with Gasteiger partial charge in [-0.05, 0) is 62.4 Å². The highest BCUT2D eigenvalue weighted by Gasteiger charge is 2.36. The molecule has 2 atom stereocenters. The number of hydrogen-bond donors (Lipinski definition) is 2. The zero-order valence-corrected chi connectivity index (χ0v) is 29.7. The molecular weight excluding hydrogens is 677 g/mol. The van der Waals surface area contributed by atoms with E-state index in [0.717, 1.165) is 54.5 Å². The topological polar surface area (TPSA) is 123 Å². The molecule has 2 aliphatic rings. The lowest BCUT2D eigenvalue weighted by Gasteiger charge is -2.26. The summed E-state index contributed by atoms with van der Waals surface area (Å²) in [6.45, 7) is 4.38. The van der Waals surface area contributed by atoms with Crippen LogP contribution in [0.25, 0.3) is 33.3 Å². The van der Waals surface area contributed by atoms with Crippen molar-refractivity contribution in [2.24, 2.45) is 20.0 Å². The second kappa shape index (κ2) is 13.5. The Labute approximate surface area is 298 Å². The fourth-order valence-corrected chi connectivity index (χ4v) is 8.07. The van der Waals surface area contributed by atoms with Crippen molar-refractivity contribution in [2.75, 3.05) is 32.1 Å². The van der Waals surface area contributed by atoms with E-state index in [9.17, 15) is 14.4 Å². The minimum Gasteiger partial charge on any atom is -0.481 e. The van der Waals surface area contributed by atoms with Gasteiger partial charge in [0.2, 0.25) is 12.3 Å². The van der Waals surface area contributed by atoms with Crippen molar-refractivity contribution < 1.29 is 9.53 Å². The van der Waals surface area contributed by atoms with Gasteiger partial charge in [-0.2, -0.15) is 0 Å². The fourth-order valence-electron chi connectivity index (χ4n) is 7.47. The second-order valence-electron chi connectivity index (χ2n) is 13.0. The lowest BCUT2D eigenvalue weighted by Crippen LogP contribution is -2.37. The van der Waals surface area contributed by atoms with Crippen LogP contribution in [0.1, 0.15) is 35.7 Å². The highest BCUT2D eigenvalue weighted by Crippen LogP contribution is 2.46. The van der Waals surface area contributed by atoms with Gasteiger partial charge in [-0.1, -0.05) is 53.5 Å². The molecule has 1 fully saturated rings. The number of aryl methyl sites for hydroxylation is 3. The number of methoxy groups -OCH3 is 1. The van der Waals surface area contributed by atoms with Crippen molar-refractivity contribution in [1.82, 2.24) is 29.3 Å². The van der Waals surface area contributed by atoms with Crippen LogP contribution in [0.2, 0.25) is 10.0 Å². The van der Waals surface area contributed by atoms with Gasteiger partial charge in [0.25, 0.3) is 5.56 Å². The zero-order chi connectivity index (χ0) is 35.3. The highest BCUT2D eigenvalue weighted by atomic mass is 35.5. The largest absolute Gasteiger partial charge is 0.481 e. The molecule has 258 valence electrons. The van der Waals surface area contributed by atoms with Crippen LogP contribution in [-0.4, -0.2) is 57.2 Å². The van der Waals surface area contributed by atoms with E-state index in [1.165, 1.54) is 17.2 Å². The lowest BCUT2D eigenvalue weighted by atomic mass is 9.99. The van der Waals surface area contributed by atoms with Crippen LogP contribution in [0, 0.1) is 12.8 Å². The number of nitrogens with zero attached hydrogens (tertiary/aromatic N) is 5. The number of likely N-dealkylation sites (tertiary alicyclic amines) is 1. The van der Waals surface area contributed by atoms with Crippen molar-refractivity contribution in [3.05, 3.63) is 96.2 Å². The Morgan fingerprint density at radius 1 is 0.980 bits per heavy atom. The summed E-state index contributed by atoms with van der Waals surface area (Å²) < 4.78 is 8.39. The van der Waals surface area contributed by atoms with E-state index < -0.39 is 11.2 Å². The zero-order valence-electron chi connectivity index (χ0n) is 28.2. The first kappa shape index (κ1) is 33.8. The molecule has 0 spiro atoms. The van der Waals surface area contributed by atoms with Gasteiger partial charge in [-0.25, -0.2) is 14.8 Å². The number of anilines is 2. The molecule has 2 N–H and O–H groups in total. The molecule has 1 amide bonds. The number of fused-ring (bicyclic) bond motifs is 2. The summed E-state index contributed by atoms with van der Waals surface area (Å²) >= 11 is 14.3. The molecule has 2 unspecified atom stereocenters. The minimum absolute atomic E-state index is 0.212. The average Bonchev–Trinajstić information content (AvgIpc) is 3.76. The van der Waals surface area contributed by atoms with Crippen LogP contribution in [0.3, 0.4) is 0 Å². The quantitative estimate of drug-likeness (QED) is 0.184. The number of carbonyl (C=O) groups excluding carboxylic acids is 1. The summed E-state index contributed by atoms with van der Waals surface area (Å²) in [7, 11) is 4.72. The Hall–Kier alpha value is -4.71. The first-order chi connectivity index (χ1) is 24.1. The molecule has 3 aromatic heterocycles. The predicted octanol–water partition coefficient (Wildman–Crippen LogP) is 5.78. The predicted molar refractivity (Wildman–Crippen MR) is 197 cm³/mol. The maximum Gasteiger partial charge on any atom is 0.330 e. The van der Waals surface area contributed by atoms with Gasteiger partial charge in [0.1, 0.15) is 11.2 Å². The summed E-state index contributed by atoms with van der Waals surface area (Å²) in [4.78, 5) is 48.8. The van der Waals surface area contributed by atoms with Gasteiger partial charge in [0, 0.05) is 61.2 Å². The SMILES string of the molecule is COc1nc(-c2cccc(-c3cccc(Nc4nc(C)cc5c4c(=O)n(C)c(=O)n5C)c3Cl)c2Cl)cc2c1C(N1CCC(CNC=O)C1)CC2. The number of nitrogens with one attached hydrogen (secondary N) is 2. The number of carbonyl (C=O) groups is 1. The maximum absolute atomic E-state index is 13.3. The molecule has 1 aliphatic heterocycles. The molecule has 7 rings (SSSR count). The summed E-state index contributed by atoms with van der Waals surface area (Å²) in [5.41, 5.74) is 5.92. The van der Waals surface area contributed by atoms with E-state index in [1.807, 2.05) is 30.3 Å². The van der Waals surface area contributed by atoms with Crippen molar-refractivity contribution in [1.29, 1.82) is 0 Å². The molecule has 0 saturated carbocycles. The van der Waals surface area contributed by atoms with Crippen LogP contribution >= 0.6 is 23.2 Å². The van der Waals surface area contributed by atoms with Crippen molar-refractivity contribution in [2.45, 2.75) is 32.2 Å². The van der Waals surface area contributed by atoms with Crippen LogP contribution in [0.4, 0.5) is 11.5 Å². The van der Waals surface area contributed by atoms with Crippen LogP contribution in [0.5, 0.6) is 5.88 Å². The normalized spacial score (nSPS) is 17.2. The molecule has 1 aliphatic carbocycles. The molecule has 1 saturated heterocycles. The van der Waals surface area contributed by atoms with E-state index >= 15 is 0 Å². The number of amides is 1. The van der Waals surface area contributed by atoms with Crippen molar-refractivity contribution in [3.8, 4) is 28.3 Å². The third-order valence-corrected chi connectivity index (χ3v) is 10.8. The van der Waals surface area contributed by atoms with E-state index in [-0.39, 0.29) is 11.4 Å². The minimum atomic E-state index is -0.457. The Balaban J connectivity index is 1.23. The highest BCUT2D eigenvalue weighted by molar-refractivity contribution is 6.39. The molecule has 4 heterocycles. The number of benzene rings is 2. The van der Waals surface area contributed by atoms with E-state index in [4.69, 9.17) is 32.9 Å². The Kier molecular flexibility index (Phi) is 9.15. The molecule has 2 aromatic carbocycles. The summed E-state index contributed by atoms with van der Waals surface area (Å²) in [5.74, 6) is 1.33. The van der Waals surface area contributed by atoms with Gasteiger partial charge in [0.05, 0.1) is 34.1 Å². The third-order valence-electron chi connectivity index (χ3n) is 9.97. The van der Waals surface area contributed by atoms with Crippen molar-refractivity contribution in [3.63, 3.8) is 0 Å². The third kappa shape index (κ3) is 5.82. The smallest absolute Gasteiger partial charge is 0.330 e. The molecule has 0 radical (unpaired) electrons. The number of aromatic nitrogens is 4. The average molecular weight is 715 g/mol. The molecule has 5 aromatic rings. The first-order valence-corrected chi connectivity index (χ1v) is 17.3. The number of ether oxygens (including phenoxy) is 1. The number of pyridine rings is 2. The molecular formula is C37H37Cl2N7O4. The van der Waals surface area contributed by atoms with Crippen molar-refractivity contribution >= 4 is 52.0 Å². The van der Waals surface area contributed by atoms with E-state index in [2.05, 4.69) is 26.6 Å². The summed E-state index contributed by atoms with van der Waals surface area (Å²) in [6.07, 6.45) is 3.68. The van der Waals surface area contributed by atoms with Gasteiger partial charge >= 0.3 is 5.69 Å². The summed E-state index contributed by atoms with van der Waals surface area (Å²) in [6, 6.07) is 15.4. The molecule has 11 nitrogen and oxygen atoms in total. The number of hydrogen-bond acceptors (Lipinski definition) is 8. The monoisotopic (exact) mass is 713 g/mol. The Morgan fingerprint density at radius 2 is 1.72 bits per heavy atom. The summed E-state index contributed by atoms with van der Waals surface area (Å²) in [5, 5.41) is 7.25. The lowest BCUT2D eigenvalue weighted by molar-refractivity contribution is -0.109. The van der Waals surface area contributed by atoms with Gasteiger partial charge < -0.3 is 15.4 Å². The molecule has 13 heteroatoms. The molecule has 50 heavy (non-hydrogen) atoms. The Bertz CT molecular complexity index is 2290. The van der Waals surface area contributed by atoms with E-state index in [1.54, 1.807) is 33.2 Å². The number of halogens is 2. The van der Waals surface area contributed by atoms with Crippen LogP contribution in [0.15, 0.2) is 58.1 Å². The van der Waals surface area contributed by atoms with Crippen LogP contribution < -0.4 is 26.6 Å². The standard InChI is InChI=1S/C37H37Cl2N7O4/c1-20-15-29-31(36(48)45(3)37(49)44(29)2)34(41-20)42-26-10-6-8-24(33(26)39)23-7-5-9-25(32(23)38)27-16-22-11-12-28(30(22)35(43-27)50-4)46-14-13-21(18-46)17-40-19-47/h5-10,15-16,19,21,28H,11-14,17-18H2,1-4H3,(H,40,47)(H,41,42). The second-order valence-corrected chi connectivity index (χ2v) is 13.7.